The normalized spacial score (nSPS) is 10.3. The van der Waals surface area contributed by atoms with Crippen LogP contribution in [0.5, 0.6) is 0 Å². The minimum Gasteiger partial charge on any atom is -0.469 e. The van der Waals surface area contributed by atoms with Crippen LogP contribution in [0.2, 0.25) is 0 Å². The minimum absolute atomic E-state index is 0.0492. The fourth-order valence-corrected chi connectivity index (χ4v) is 2.22. The number of carbonyl (C=O) groups is 2. The summed E-state index contributed by atoms with van der Waals surface area (Å²) in [6.45, 7) is 0.498. The Hall–Kier alpha value is -2.36. The molecule has 0 fully saturated rings. The Morgan fingerprint density at radius 2 is 1.81 bits per heavy atom. The van der Waals surface area contributed by atoms with Crippen LogP contribution in [0.3, 0.4) is 0 Å². The number of rotatable bonds is 6. The van der Waals surface area contributed by atoms with Crippen LogP contribution in [-0.2, 0) is 20.9 Å². The standard InChI is InChI=1S/C17H19NO3/c1-21-17(20)11-5-10-16(19)18-12-14-8-4-7-13-6-2-3-9-15(13)14/h2-4,6-9H,5,10-12H2,1H3,(H,18,19). The van der Waals surface area contributed by atoms with Crippen molar-refractivity contribution in [1.29, 1.82) is 0 Å². The molecule has 1 N–H and O–H groups in total. The van der Waals surface area contributed by atoms with Crippen LogP contribution in [0.1, 0.15) is 24.8 Å². The summed E-state index contributed by atoms with van der Waals surface area (Å²) in [6.07, 6.45) is 1.12. The van der Waals surface area contributed by atoms with Gasteiger partial charge < -0.3 is 10.1 Å². The minimum atomic E-state index is -0.281. The Morgan fingerprint density at radius 3 is 2.62 bits per heavy atom. The number of esters is 1. The highest BCUT2D eigenvalue weighted by molar-refractivity contribution is 5.86. The third-order valence-corrected chi connectivity index (χ3v) is 3.37. The van der Waals surface area contributed by atoms with Crippen molar-refractivity contribution in [3.05, 3.63) is 48.0 Å². The molecule has 0 aliphatic rings. The summed E-state index contributed by atoms with van der Waals surface area (Å²) in [5.74, 6) is -0.330. The predicted molar refractivity (Wildman–Crippen MR) is 81.7 cm³/mol. The zero-order chi connectivity index (χ0) is 15.1. The predicted octanol–water partition coefficient (Wildman–Crippen LogP) is 2.80. The fraction of sp³-hybridized carbons (Fsp3) is 0.294. The molecule has 1 amide bonds. The first kappa shape index (κ1) is 15.0. The number of amides is 1. The Kier molecular flexibility index (Phi) is 5.32. The van der Waals surface area contributed by atoms with E-state index in [2.05, 4.69) is 22.2 Å². The van der Waals surface area contributed by atoms with Gasteiger partial charge in [-0.25, -0.2) is 0 Å². The zero-order valence-corrected chi connectivity index (χ0v) is 12.1. The maximum atomic E-state index is 11.8. The molecule has 0 radical (unpaired) electrons. The van der Waals surface area contributed by atoms with Gasteiger partial charge in [0.2, 0.25) is 5.91 Å². The molecule has 0 saturated carbocycles. The number of benzene rings is 2. The van der Waals surface area contributed by atoms with E-state index in [9.17, 15) is 9.59 Å². The van der Waals surface area contributed by atoms with Crippen molar-refractivity contribution in [3.63, 3.8) is 0 Å². The van der Waals surface area contributed by atoms with E-state index >= 15 is 0 Å². The molecule has 0 saturated heterocycles. The highest BCUT2D eigenvalue weighted by atomic mass is 16.5. The van der Waals surface area contributed by atoms with E-state index in [0.29, 0.717) is 19.4 Å². The lowest BCUT2D eigenvalue weighted by Crippen LogP contribution is -2.22. The number of methoxy groups -OCH3 is 1. The van der Waals surface area contributed by atoms with E-state index < -0.39 is 0 Å². The molecule has 0 bridgehead atoms. The smallest absolute Gasteiger partial charge is 0.305 e. The summed E-state index contributed by atoms with van der Waals surface area (Å²) in [5.41, 5.74) is 1.09. The largest absolute Gasteiger partial charge is 0.469 e. The monoisotopic (exact) mass is 285 g/mol. The Balaban J connectivity index is 1.87. The van der Waals surface area contributed by atoms with Crippen molar-refractivity contribution < 1.29 is 14.3 Å². The van der Waals surface area contributed by atoms with Gasteiger partial charge in [0.1, 0.15) is 0 Å². The van der Waals surface area contributed by atoms with Gasteiger partial charge in [0.15, 0.2) is 0 Å². The number of hydrogen-bond acceptors (Lipinski definition) is 3. The number of fused-ring (bicyclic) bond motifs is 1. The zero-order valence-electron chi connectivity index (χ0n) is 12.1. The summed E-state index contributed by atoms with van der Waals surface area (Å²) < 4.78 is 4.54. The van der Waals surface area contributed by atoms with Crippen LogP contribution < -0.4 is 5.32 Å². The van der Waals surface area contributed by atoms with Gasteiger partial charge in [-0.1, -0.05) is 42.5 Å². The molecule has 21 heavy (non-hydrogen) atoms. The Morgan fingerprint density at radius 1 is 1.05 bits per heavy atom. The fourth-order valence-electron chi connectivity index (χ4n) is 2.22. The molecule has 0 aromatic heterocycles. The van der Waals surface area contributed by atoms with E-state index in [4.69, 9.17) is 0 Å². The molecule has 0 unspecified atom stereocenters. The van der Waals surface area contributed by atoms with Gasteiger partial charge in [0, 0.05) is 19.4 Å². The molecule has 0 atom stereocenters. The van der Waals surface area contributed by atoms with Gasteiger partial charge in [-0.15, -0.1) is 0 Å². The van der Waals surface area contributed by atoms with Crippen molar-refractivity contribution in [3.8, 4) is 0 Å². The van der Waals surface area contributed by atoms with Crippen LogP contribution in [0.15, 0.2) is 42.5 Å². The number of ether oxygens (including phenoxy) is 1. The lowest BCUT2D eigenvalue weighted by molar-refractivity contribution is -0.140. The number of hydrogen-bond donors (Lipinski definition) is 1. The maximum Gasteiger partial charge on any atom is 0.305 e. The molecular formula is C17H19NO3. The lowest BCUT2D eigenvalue weighted by Gasteiger charge is -2.08. The molecule has 110 valence electrons. The van der Waals surface area contributed by atoms with E-state index in [-0.39, 0.29) is 18.3 Å². The Bertz CT molecular complexity index is 631. The first-order valence-corrected chi connectivity index (χ1v) is 7.01. The maximum absolute atomic E-state index is 11.8. The second kappa shape index (κ2) is 7.43. The molecule has 0 spiro atoms. The summed E-state index contributed by atoms with van der Waals surface area (Å²) in [4.78, 5) is 22.7. The van der Waals surface area contributed by atoms with E-state index in [1.807, 2.05) is 30.3 Å². The summed E-state index contributed by atoms with van der Waals surface area (Å²) >= 11 is 0. The van der Waals surface area contributed by atoms with Crippen molar-refractivity contribution >= 4 is 22.6 Å². The lowest BCUT2D eigenvalue weighted by atomic mass is 10.0. The molecule has 4 nitrogen and oxygen atoms in total. The van der Waals surface area contributed by atoms with Crippen LogP contribution in [0, 0.1) is 0 Å². The summed E-state index contributed by atoms with van der Waals surface area (Å²) in [6, 6.07) is 14.1. The average Bonchev–Trinajstić information content (AvgIpc) is 2.52. The van der Waals surface area contributed by atoms with Crippen molar-refractivity contribution in [2.45, 2.75) is 25.8 Å². The molecule has 2 aromatic carbocycles. The van der Waals surface area contributed by atoms with Gasteiger partial charge in [-0.3, -0.25) is 9.59 Å². The van der Waals surface area contributed by atoms with Crippen molar-refractivity contribution in [2.75, 3.05) is 7.11 Å². The average molecular weight is 285 g/mol. The van der Waals surface area contributed by atoms with Crippen molar-refractivity contribution in [2.24, 2.45) is 0 Å². The van der Waals surface area contributed by atoms with E-state index in [1.165, 1.54) is 7.11 Å². The second-order valence-electron chi connectivity index (χ2n) is 4.84. The second-order valence-corrected chi connectivity index (χ2v) is 4.84. The molecule has 0 aliphatic carbocycles. The first-order valence-electron chi connectivity index (χ1n) is 7.01. The molecule has 2 aromatic rings. The van der Waals surface area contributed by atoms with Gasteiger partial charge in [0.05, 0.1) is 7.11 Å². The summed E-state index contributed by atoms with van der Waals surface area (Å²) in [7, 11) is 1.35. The molecule has 0 aliphatic heterocycles. The van der Waals surface area contributed by atoms with Crippen LogP contribution >= 0.6 is 0 Å². The molecular weight excluding hydrogens is 266 g/mol. The van der Waals surface area contributed by atoms with E-state index in [1.54, 1.807) is 0 Å². The van der Waals surface area contributed by atoms with Crippen LogP contribution in [0.25, 0.3) is 10.8 Å². The summed E-state index contributed by atoms with van der Waals surface area (Å²) in [5, 5.41) is 5.20. The van der Waals surface area contributed by atoms with E-state index in [0.717, 1.165) is 16.3 Å². The van der Waals surface area contributed by atoms with Gasteiger partial charge in [-0.05, 0) is 22.8 Å². The van der Waals surface area contributed by atoms with Crippen molar-refractivity contribution in [1.82, 2.24) is 5.32 Å². The SMILES string of the molecule is COC(=O)CCCC(=O)NCc1cccc2ccccc12. The van der Waals surface area contributed by atoms with Gasteiger partial charge in [-0.2, -0.15) is 0 Å². The molecule has 2 rings (SSSR count). The van der Waals surface area contributed by atoms with Gasteiger partial charge >= 0.3 is 5.97 Å². The quantitative estimate of drug-likeness (QED) is 0.830. The highest BCUT2D eigenvalue weighted by Gasteiger charge is 2.06. The van der Waals surface area contributed by atoms with Crippen LogP contribution in [0.4, 0.5) is 0 Å². The van der Waals surface area contributed by atoms with Crippen LogP contribution in [-0.4, -0.2) is 19.0 Å². The number of carbonyl (C=O) groups excluding carboxylic acids is 2. The van der Waals surface area contributed by atoms with Gasteiger partial charge in [0.25, 0.3) is 0 Å². The highest BCUT2D eigenvalue weighted by Crippen LogP contribution is 2.18. The topological polar surface area (TPSA) is 55.4 Å². The Labute approximate surface area is 124 Å². The third kappa shape index (κ3) is 4.31. The third-order valence-electron chi connectivity index (χ3n) is 3.37. The molecule has 4 heteroatoms. The molecule has 0 heterocycles. The first-order chi connectivity index (χ1) is 10.2. The number of nitrogens with one attached hydrogen (secondary N) is 1.